The summed E-state index contributed by atoms with van der Waals surface area (Å²) in [6.45, 7) is 6.68. The summed E-state index contributed by atoms with van der Waals surface area (Å²) in [7, 11) is 0. The Balaban J connectivity index is 1.85. The smallest absolute Gasteiger partial charge is 0.110 e. The number of aromatic amines is 1. The van der Waals surface area contributed by atoms with E-state index in [1.807, 2.05) is 37.6 Å². The molecule has 27 heavy (non-hydrogen) atoms. The minimum Gasteiger partial charge on any atom is -0.346 e. The van der Waals surface area contributed by atoms with E-state index < -0.39 is 0 Å². The molecule has 0 unspecified atom stereocenters. The standard InChI is InChI=1S/C21H22N6/c1-4-18-25-15(3)19(26-18)21-20(16-8-6-5-7-9-16)24-13-27(21)12-17-11-22-14(2)10-23-17/h5-11,13H,4,12H2,1-3H3,(H,25,26). The molecule has 1 aromatic carbocycles. The number of H-pyrrole nitrogens is 1. The molecule has 3 aromatic heterocycles. The van der Waals surface area contributed by atoms with Crippen molar-refractivity contribution < 1.29 is 0 Å². The third kappa shape index (κ3) is 3.38. The van der Waals surface area contributed by atoms with Crippen LogP contribution in [0.25, 0.3) is 22.6 Å². The largest absolute Gasteiger partial charge is 0.346 e. The lowest BCUT2D eigenvalue weighted by molar-refractivity contribution is 0.769. The van der Waals surface area contributed by atoms with Gasteiger partial charge in [0.05, 0.1) is 41.8 Å². The Hall–Kier alpha value is -3.28. The van der Waals surface area contributed by atoms with Gasteiger partial charge >= 0.3 is 0 Å². The first-order chi connectivity index (χ1) is 13.2. The molecule has 0 aliphatic rings. The van der Waals surface area contributed by atoms with E-state index in [1.165, 1.54) is 0 Å². The van der Waals surface area contributed by atoms with Crippen LogP contribution >= 0.6 is 0 Å². The minimum absolute atomic E-state index is 0.593. The van der Waals surface area contributed by atoms with Crippen molar-refractivity contribution in [3.8, 4) is 22.6 Å². The van der Waals surface area contributed by atoms with E-state index in [4.69, 9.17) is 9.97 Å². The lowest BCUT2D eigenvalue weighted by Crippen LogP contribution is -2.04. The molecule has 0 bridgehead atoms. The molecule has 6 heteroatoms. The number of nitrogens with zero attached hydrogens (tertiary/aromatic N) is 5. The van der Waals surface area contributed by atoms with Gasteiger partial charge in [-0.2, -0.15) is 0 Å². The van der Waals surface area contributed by atoms with Gasteiger partial charge in [0.15, 0.2) is 0 Å². The number of benzene rings is 1. The third-order valence-corrected chi connectivity index (χ3v) is 4.54. The normalized spacial score (nSPS) is 11.1. The van der Waals surface area contributed by atoms with Crippen molar-refractivity contribution in [1.82, 2.24) is 29.5 Å². The monoisotopic (exact) mass is 358 g/mol. The molecule has 0 saturated heterocycles. The lowest BCUT2D eigenvalue weighted by Gasteiger charge is -2.09. The fraction of sp³-hybridized carbons (Fsp3) is 0.238. The molecule has 0 aliphatic heterocycles. The summed E-state index contributed by atoms with van der Waals surface area (Å²) >= 11 is 0. The molecule has 0 amide bonds. The van der Waals surface area contributed by atoms with Crippen LogP contribution in [0.15, 0.2) is 49.1 Å². The first-order valence-electron chi connectivity index (χ1n) is 9.09. The zero-order valence-electron chi connectivity index (χ0n) is 15.8. The highest BCUT2D eigenvalue weighted by atomic mass is 15.1. The number of aryl methyl sites for hydroxylation is 3. The molecule has 0 radical (unpaired) electrons. The molecule has 1 N–H and O–H groups in total. The molecular formula is C21H22N6. The number of rotatable bonds is 5. The second-order valence-corrected chi connectivity index (χ2v) is 6.60. The van der Waals surface area contributed by atoms with Crippen LogP contribution in [0.5, 0.6) is 0 Å². The Kier molecular flexibility index (Phi) is 4.54. The van der Waals surface area contributed by atoms with Gasteiger partial charge in [0.25, 0.3) is 0 Å². The maximum atomic E-state index is 4.82. The van der Waals surface area contributed by atoms with E-state index in [9.17, 15) is 0 Å². The summed E-state index contributed by atoms with van der Waals surface area (Å²) in [6, 6.07) is 10.2. The van der Waals surface area contributed by atoms with E-state index in [-0.39, 0.29) is 0 Å². The summed E-state index contributed by atoms with van der Waals surface area (Å²) in [5.74, 6) is 0.976. The van der Waals surface area contributed by atoms with Crippen molar-refractivity contribution in [1.29, 1.82) is 0 Å². The quantitative estimate of drug-likeness (QED) is 0.586. The average Bonchev–Trinajstić information content (AvgIpc) is 3.27. The summed E-state index contributed by atoms with van der Waals surface area (Å²) in [6.07, 6.45) is 6.33. The SMILES string of the molecule is CCc1nc(-c2c(-c3ccccc3)ncn2Cc2cnc(C)cn2)c(C)[nH]1. The van der Waals surface area contributed by atoms with Gasteiger partial charge in [-0.15, -0.1) is 0 Å². The first kappa shape index (κ1) is 17.1. The van der Waals surface area contributed by atoms with Gasteiger partial charge < -0.3 is 9.55 Å². The highest BCUT2D eigenvalue weighted by Crippen LogP contribution is 2.32. The zero-order chi connectivity index (χ0) is 18.8. The molecule has 4 aromatic rings. The van der Waals surface area contributed by atoms with Crippen LogP contribution in [0.4, 0.5) is 0 Å². The van der Waals surface area contributed by atoms with Crippen LogP contribution in [-0.2, 0) is 13.0 Å². The second kappa shape index (κ2) is 7.15. The Morgan fingerprint density at radius 2 is 1.78 bits per heavy atom. The Labute approximate surface area is 158 Å². The van der Waals surface area contributed by atoms with Gasteiger partial charge in [0.1, 0.15) is 11.5 Å². The Morgan fingerprint density at radius 1 is 0.963 bits per heavy atom. The molecule has 0 spiro atoms. The third-order valence-electron chi connectivity index (χ3n) is 4.54. The average molecular weight is 358 g/mol. The van der Waals surface area contributed by atoms with E-state index >= 15 is 0 Å². The van der Waals surface area contributed by atoms with Crippen LogP contribution in [-0.4, -0.2) is 29.5 Å². The van der Waals surface area contributed by atoms with Crippen LogP contribution in [0.2, 0.25) is 0 Å². The van der Waals surface area contributed by atoms with E-state index in [0.717, 1.165) is 52.0 Å². The molecular weight excluding hydrogens is 336 g/mol. The van der Waals surface area contributed by atoms with E-state index in [2.05, 4.69) is 45.5 Å². The van der Waals surface area contributed by atoms with Crippen molar-refractivity contribution in [3.05, 3.63) is 72.0 Å². The van der Waals surface area contributed by atoms with E-state index in [0.29, 0.717) is 6.54 Å². The van der Waals surface area contributed by atoms with Gasteiger partial charge in [-0.05, 0) is 13.8 Å². The molecule has 0 fully saturated rings. The zero-order valence-corrected chi connectivity index (χ0v) is 15.8. The highest BCUT2D eigenvalue weighted by molar-refractivity contribution is 5.78. The van der Waals surface area contributed by atoms with Crippen LogP contribution < -0.4 is 0 Å². The molecule has 6 nitrogen and oxygen atoms in total. The van der Waals surface area contributed by atoms with Gasteiger partial charge in [-0.3, -0.25) is 9.97 Å². The molecule has 0 atom stereocenters. The van der Waals surface area contributed by atoms with E-state index in [1.54, 1.807) is 6.20 Å². The maximum absolute atomic E-state index is 4.82. The summed E-state index contributed by atoms with van der Waals surface area (Å²) < 4.78 is 2.10. The number of aromatic nitrogens is 6. The Bertz CT molecular complexity index is 1040. The minimum atomic E-state index is 0.593. The molecule has 4 rings (SSSR count). The molecule has 0 saturated carbocycles. The number of imidazole rings is 2. The molecule has 136 valence electrons. The number of nitrogens with one attached hydrogen (secondary N) is 1. The van der Waals surface area contributed by atoms with Crippen LogP contribution in [0.1, 0.15) is 29.8 Å². The van der Waals surface area contributed by atoms with Crippen LogP contribution in [0.3, 0.4) is 0 Å². The van der Waals surface area contributed by atoms with Gasteiger partial charge in [-0.25, -0.2) is 9.97 Å². The van der Waals surface area contributed by atoms with Crippen molar-refractivity contribution in [2.45, 2.75) is 33.7 Å². The predicted molar refractivity (Wildman–Crippen MR) is 105 cm³/mol. The second-order valence-electron chi connectivity index (χ2n) is 6.60. The number of hydrogen-bond donors (Lipinski definition) is 1. The maximum Gasteiger partial charge on any atom is 0.110 e. The summed E-state index contributed by atoms with van der Waals surface area (Å²) in [5, 5.41) is 0. The topological polar surface area (TPSA) is 72.3 Å². The summed E-state index contributed by atoms with van der Waals surface area (Å²) in [5.41, 5.74) is 6.77. The van der Waals surface area contributed by atoms with Crippen molar-refractivity contribution in [2.24, 2.45) is 0 Å². The highest BCUT2D eigenvalue weighted by Gasteiger charge is 2.20. The van der Waals surface area contributed by atoms with Crippen LogP contribution in [0, 0.1) is 13.8 Å². The van der Waals surface area contributed by atoms with Gasteiger partial charge in [0, 0.05) is 23.9 Å². The number of hydrogen-bond acceptors (Lipinski definition) is 4. The predicted octanol–water partition coefficient (Wildman–Crippen LogP) is 3.96. The van der Waals surface area contributed by atoms with Gasteiger partial charge in [-0.1, -0.05) is 37.3 Å². The fourth-order valence-corrected chi connectivity index (χ4v) is 3.15. The van der Waals surface area contributed by atoms with Gasteiger partial charge in [0.2, 0.25) is 0 Å². The fourth-order valence-electron chi connectivity index (χ4n) is 3.15. The lowest BCUT2D eigenvalue weighted by atomic mass is 10.1. The van der Waals surface area contributed by atoms with Crippen molar-refractivity contribution in [3.63, 3.8) is 0 Å². The van der Waals surface area contributed by atoms with Crippen molar-refractivity contribution in [2.75, 3.05) is 0 Å². The first-order valence-corrected chi connectivity index (χ1v) is 9.09. The molecule has 3 heterocycles. The van der Waals surface area contributed by atoms with Crippen molar-refractivity contribution >= 4 is 0 Å². The Morgan fingerprint density at radius 3 is 2.44 bits per heavy atom. The summed E-state index contributed by atoms with van der Waals surface area (Å²) in [4.78, 5) is 21.8. The molecule has 0 aliphatic carbocycles.